The molecule has 0 aliphatic rings. The Hall–Kier alpha value is -3.89. The normalized spacial score (nSPS) is 12.9. The summed E-state index contributed by atoms with van der Waals surface area (Å²) in [6, 6.07) is 3.34. The maximum atomic E-state index is 14.6. The first-order chi connectivity index (χ1) is 15.5. The van der Waals surface area contributed by atoms with Gasteiger partial charge in [-0.3, -0.25) is 0 Å². The van der Waals surface area contributed by atoms with Gasteiger partial charge in [0.05, 0.1) is 18.9 Å². The van der Waals surface area contributed by atoms with Crippen molar-refractivity contribution in [2.24, 2.45) is 5.18 Å². The van der Waals surface area contributed by atoms with Crippen molar-refractivity contribution >= 4 is 11.5 Å². The number of alkyl halides is 3. The second-order valence-electron chi connectivity index (χ2n) is 6.41. The molecule has 1 unspecified atom stereocenters. The maximum absolute atomic E-state index is 14.6. The molecule has 0 bridgehead atoms. The van der Waals surface area contributed by atoms with E-state index in [1.54, 1.807) is 6.07 Å². The van der Waals surface area contributed by atoms with Crippen LogP contribution < -0.4 is 9.86 Å². The first-order valence-electron chi connectivity index (χ1n) is 9.33. The lowest BCUT2D eigenvalue weighted by Crippen LogP contribution is -2.39. The van der Waals surface area contributed by atoms with E-state index in [-0.39, 0.29) is 16.5 Å². The molecule has 9 nitrogen and oxygen atoms in total. The predicted octanol–water partition coefficient (Wildman–Crippen LogP) is 4.70. The zero-order valence-corrected chi connectivity index (χ0v) is 18.1. The SMILES string of the molecule is CC.COc1cc2ncc(-c3nc(N(C)F)c(C#N)cc3F)n2nc1C(C)(N=O)C(F)(F)F. The molecule has 0 aliphatic carbocycles. The molecule has 0 aliphatic heterocycles. The minimum absolute atomic E-state index is 0.0242. The highest BCUT2D eigenvalue weighted by atomic mass is 19.4. The molecule has 3 heterocycles. The van der Waals surface area contributed by atoms with Gasteiger partial charge in [0.1, 0.15) is 28.9 Å². The smallest absolute Gasteiger partial charge is 0.422 e. The molecule has 0 saturated carbocycles. The fraction of sp³-hybridized carbons (Fsp3) is 0.368. The third-order valence-corrected chi connectivity index (χ3v) is 4.48. The van der Waals surface area contributed by atoms with Crippen LogP contribution in [0.5, 0.6) is 5.75 Å². The van der Waals surface area contributed by atoms with Gasteiger partial charge in [0, 0.05) is 13.1 Å². The quantitative estimate of drug-likeness (QED) is 0.301. The number of hydrogen-bond donors (Lipinski definition) is 0. The van der Waals surface area contributed by atoms with Crippen LogP contribution in [0.3, 0.4) is 0 Å². The fourth-order valence-electron chi connectivity index (χ4n) is 2.76. The van der Waals surface area contributed by atoms with Gasteiger partial charge in [-0.1, -0.05) is 18.3 Å². The number of nitrogens with zero attached hydrogens (tertiary/aromatic N) is 7. The summed E-state index contributed by atoms with van der Waals surface area (Å²) in [6.45, 7) is 4.50. The van der Waals surface area contributed by atoms with E-state index in [1.165, 1.54) is 0 Å². The molecule has 0 N–H and O–H groups in total. The Morgan fingerprint density at radius 1 is 1.27 bits per heavy atom. The minimum Gasteiger partial charge on any atom is -0.495 e. The summed E-state index contributed by atoms with van der Waals surface area (Å²) < 4.78 is 74.8. The zero-order chi connectivity index (χ0) is 25.1. The largest absolute Gasteiger partial charge is 0.495 e. The van der Waals surface area contributed by atoms with E-state index in [4.69, 9.17) is 10.00 Å². The molecule has 14 heteroatoms. The summed E-state index contributed by atoms with van der Waals surface area (Å²) in [5.74, 6) is -2.03. The van der Waals surface area contributed by atoms with E-state index in [0.29, 0.717) is 13.0 Å². The highest BCUT2D eigenvalue weighted by Crippen LogP contribution is 2.44. The highest BCUT2D eigenvalue weighted by molar-refractivity contribution is 5.66. The van der Waals surface area contributed by atoms with E-state index in [1.807, 2.05) is 13.8 Å². The first-order valence-corrected chi connectivity index (χ1v) is 9.33. The van der Waals surface area contributed by atoms with Crippen molar-refractivity contribution in [3.63, 3.8) is 0 Å². The van der Waals surface area contributed by atoms with Crippen molar-refractivity contribution in [2.45, 2.75) is 32.5 Å². The van der Waals surface area contributed by atoms with Gasteiger partial charge in [0.15, 0.2) is 17.3 Å². The molecule has 0 aromatic carbocycles. The topological polar surface area (TPSA) is 109 Å². The van der Waals surface area contributed by atoms with Gasteiger partial charge in [0.25, 0.3) is 0 Å². The number of methoxy groups -OCH3 is 1. The summed E-state index contributed by atoms with van der Waals surface area (Å²) in [4.78, 5) is 18.9. The van der Waals surface area contributed by atoms with Gasteiger partial charge in [0.2, 0.25) is 5.54 Å². The van der Waals surface area contributed by atoms with E-state index >= 15 is 0 Å². The van der Waals surface area contributed by atoms with Crippen LogP contribution >= 0.6 is 0 Å². The summed E-state index contributed by atoms with van der Waals surface area (Å²) in [5.41, 5.74) is -5.49. The van der Waals surface area contributed by atoms with Crippen LogP contribution in [0.1, 0.15) is 32.0 Å². The second-order valence-corrected chi connectivity index (χ2v) is 6.41. The Morgan fingerprint density at radius 3 is 2.39 bits per heavy atom. The molecular formula is C19H18F5N7O2. The number of halogens is 5. The van der Waals surface area contributed by atoms with Gasteiger partial charge in [-0.15, -0.1) is 4.91 Å². The fourth-order valence-corrected chi connectivity index (χ4v) is 2.76. The molecule has 0 spiro atoms. The van der Waals surface area contributed by atoms with Crippen LogP contribution in [0.4, 0.5) is 27.9 Å². The lowest BCUT2D eigenvalue weighted by Gasteiger charge is -2.25. The second kappa shape index (κ2) is 9.31. The van der Waals surface area contributed by atoms with E-state index in [2.05, 4.69) is 20.2 Å². The Bertz CT molecular complexity index is 1220. The molecule has 33 heavy (non-hydrogen) atoms. The molecule has 0 amide bonds. The predicted molar refractivity (Wildman–Crippen MR) is 108 cm³/mol. The molecule has 3 aromatic rings. The van der Waals surface area contributed by atoms with E-state index in [0.717, 1.165) is 30.9 Å². The highest BCUT2D eigenvalue weighted by Gasteiger charge is 2.57. The molecule has 3 aromatic heterocycles. The van der Waals surface area contributed by atoms with Crippen LogP contribution in [0, 0.1) is 22.1 Å². The third-order valence-electron chi connectivity index (χ3n) is 4.48. The Kier molecular flexibility index (Phi) is 7.16. The number of rotatable bonds is 5. The summed E-state index contributed by atoms with van der Waals surface area (Å²) >= 11 is 0. The number of anilines is 1. The standard InChI is InChI=1S/C17H12F5N7O2.C2H6/c1-16(27-30,17(19,20)21)14-11(31-3)5-12-24-7-10(29(12)26-14)13-9(18)4-8(6-23)15(25-13)28(2)22;1-2/h4-5,7H,1-3H3;1-2H3. The number of pyridine rings is 1. The zero-order valence-electron chi connectivity index (χ0n) is 18.1. The van der Waals surface area contributed by atoms with Gasteiger partial charge in [-0.25, -0.2) is 18.9 Å². The van der Waals surface area contributed by atoms with E-state index in [9.17, 15) is 26.9 Å². The van der Waals surface area contributed by atoms with Crippen LogP contribution in [-0.4, -0.2) is 39.9 Å². The van der Waals surface area contributed by atoms with Crippen molar-refractivity contribution < 1.29 is 26.8 Å². The van der Waals surface area contributed by atoms with Gasteiger partial charge in [-0.05, 0) is 18.2 Å². The van der Waals surface area contributed by atoms with Gasteiger partial charge >= 0.3 is 6.18 Å². The Labute approximate surface area is 184 Å². The number of nitriles is 1. The van der Waals surface area contributed by atoms with Gasteiger partial charge < -0.3 is 4.74 Å². The average Bonchev–Trinajstić information content (AvgIpc) is 3.20. The van der Waals surface area contributed by atoms with Crippen molar-refractivity contribution in [1.29, 1.82) is 5.26 Å². The number of fused-ring (bicyclic) bond motifs is 1. The van der Waals surface area contributed by atoms with Crippen LogP contribution in [0.25, 0.3) is 17.0 Å². The first kappa shape index (κ1) is 25.4. The van der Waals surface area contributed by atoms with Crippen molar-refractivity contribution in [1.82, 2.24) is 19.6 Å². The average molecular weight is 471 g/mol. The number of aromatic nitrogens is 4. The molecule has 0 radical (unpaired) electrons. The van der Waals surface area contributed by atoms with Crippen molar-refractivity contribution in [2.75, 3.05) is 19.3 Å². The summed E-state index contributed by atoms with van der Waals surface area (Å²) in [6.07, 6.45) is -4.10. The lowest BCUT2D eigenvalue weighted by atomic mass is 9.97. The molecular weight excluding hydrogens is 453 g/mol. The van der Waals surface area contributed by atoms with E-state index < -0.39 is 46.1 Å². The van der Waals surface area contributed by atoms with Crippen molar-refractivity contribution in [3.8, 4) is 23.2 Å². The summed E-state index contributed by atoms with van der Waals surface area (Å²) in [7, 11) is 1.98. The number of imidazole rings is 1. The molecule has 0 fully saturated rings. The van der Waals surface area contributed by atoms with Crippen molar-refractivity contribution in [3.05, 3.63) is 40.3 Å². The van der Waals surface area contributed by atoms with Gasteiger partial charge in [-0.2, -0.15) is 28.7 Å². The Balaban J connectivity index is 0.00000187. The monoisotopic (exact) mass is 471 g/mol. The number of nitroso groups, excluding NO2 is 1. The molecule has 0 saturated heterocycles. The molecule has 176 valence electrons. The molecule has 3 rings (SSSR count). The molecule has 1 atom stereocenters. The van der Waals surface area contributed by atoms with Crippen LogP contribution in [0.15, 0.2) is 23.5 Å². The summed E-state index contributed by atoms with van der Waals surface area (Å²) in [5, 5.41) is 15.0. The minimum atomic E-state index is -5.13. The number of hydrogen-bond acceptors (Lipinski definition) is 8. The Morgan fingerprint density at radius 2 is 1.91 bits per heavy atom. The van der Waals surface area contributed by atoms with Crippen LogP contribution in [-0.2, 0) is 5.54 Å². The van der Waals surface area contributed by atoms with Crippen LogP contribution in [0.2, 0.25) is 0 Å². The number of ether oxygens (including phenoxy) is 1. The third kappa shape index (κ3) is 4.26. The maximum Gasteiger partial charge on any atom is 0.422 e. The lowest BCUT2D eigenvalue weighted by molar-refractivity contribution is -0.185.